The minimum absolute atomic E-state index is 0.0308. The molecule has 31 heavy (non-hydrogen) atoms. The number of aromatic nitrogens is 1. The van der Waals surface area contributed by atoms with E-state index in [9.17, 15) is 14.7 Å². The fourth-order valence-corrected chi connectivity index (χ4v) is 3.64. The van der Waals surface area contributed by atoms with Gasteiger partial charge in [-0.05, 0) is 42.0 Å². The number of rotatable bonds is 6. The van der Waals surface area contributed by atoms with Gasteiger partial charge in [0.1, 0.15) is 11.5 Å². The Bertz CT molecular complexity index is 1140. The van der Waals surface area contributed by atoms with Crippen molar-refractivity contribution in [1.29, 1.82) is 0 Å². The first kappa shape index (κ1) is 20.2. The predicted octanol–water partition coefficient (Wildman–Crippen LogP) is 3.31. The molecule has 8 nitrogen and oxygen atoms in total. The zero-order chi connectivity index (χ0) is 22.0. The maximum Gasteiger partial charge on any atom is 0.296 e. The van der Waals surface area contributed by atoms with Crippen LogP contribution >= 0.6 is 0 Å². The van der Waals surface area contributed by atoms with Gasteiger partial charge in [0.15, 0.2) is 11.5 Å². The Morgan fingerprint density at radius 1 is 1.13 bits per heavy atom. The van der Waals surface area contributed by atoms with Crippen molar-refractivity contribution < 1.29 is 28.6 Å². The molecule has 1 aliphatic heterocycles. The molecule has 1 N–H and O–H groups in total. The number of hydrogen-bond donors (Lipinski definition) is 1. The van der Waals surface area contributed by atoms with Crippen LogP contribution < -0.4 is 9.47 Å². The third-order valence-corrected chi connectivity index (χ3v) is 5.10. The van der Waals surface area contributed by atoms with Crippen molar-refractivity contribution in [2.75, 3.05) is 14.2 Å². The van der Waals surface area contributed by atoms with E-state index in [4.69, 9.17) is 13.9 Å². The molecule has 4 rings (SSSR count). The van der Waals surface area contributed by atoms with Crippen molar-refractivity contribution in [2.24, 2.45) is 0 Å². The summed E-state index contributed by atoms with van der Waals surface area (Å²) in [5, 5.41) is 11.1. The van der Waals surface area contributed by atoms with Crippen LogP contribution in [0.2, 0.25) is 0 Å². The van der Waals surface area contributed by atoms with Gasteiger partial charge in [0.05, 0.1) is 38.6 Å². The van der Waals surface area contributed by atoms with Gasteiger partial charge in [0.25, 0.3) is 11.7 Å². The number of aliphatic hydroxyl groups is 1. The third-order valence-electron chi connectivity index (χ3n) is 5.10. The highest BCUT2D eigenvalue weighted by molar-refractivity contribution is 6.46. The number of nitrogens with zero attached hydrogens (tertiary/aromatic N) is 2. The Morgan fingerprint density at radius 3 is 2.58 bits per heavy atom. The molecular weight excluding hydrogens is 400 g/mol. The normalized spacial score (nSPS) is 17.7. The molecule has 2 aromatic heterocycles. The molecule has 0 saturated carbocycles. The van der Waals surface area contributed by atoms with E-state index in [0.717, 1.165) is 0 Å². The van der Waals surface area contributed by atoms with Crippen LogP contribution in [-0.2, 0) is 16.1 Å². The van der Waals surface area contributed by atoms with Crippen LogP contribution in [0.25, 0.3) is 5.76 Å². The van der Waals surface area contributed by atoms with Crippen LogP contribution in [0.15, 0.2) is 71.1 Å². The second kappa shape index (κ2) is 8.35. The minimum atomic E-state index is -0.827. The van der Waals surface area contributed by atoms with E-state index in [1.807, 2.05) is 0 Å². The van der Waals surface area contributed by atoms with Crippen molar-refractivity contribution >= 4 is 17.4 Å². The molecule has 1 aromatic carbocycles. The van der Waals surface area contributed by atoms with Gasteiger partial charge in [0, 0.05) is 18.0 Å². The number of amides is 1. The zero-order valence-corrected chi connectivity index (χ0v) is 16.9. The summed E-state index contributed by atoms with van der Waals surface area (Å²) in [5.74, 6) is -0.451. The van der Waals surface area contributed by atoms with Crippen LogP contribution in [0.5, 0.6) is 11.5 Å². The number of Topliss-reactive ketones (excluding diaryl/α,β-unsaturated/α-hetero) is 1. The summed E-state index contributed by atoms with van der Waals surface area (Å²) in [5.41, 5.74) is 0.884. The Labute approximate surface area is 178 Å². The second-order valence-electron chi connectivity index (χ2n) is 6.86. The highest BCUT2D eigenvalue weighted by Crippen LogP contribution is 2.41. The number of aliphatic hydroxyl groups excluding tert-OH is 1. The third kappa shape index (κ3) is 3.63. The fourth-order valence-electron chi connectivity index (χ4n) is 3.64. The van der Waals surface area contributed by atoms with Gasteiger partial charge in [-0.15, -0.1) is 0 Å². The summed E-state index contributed by atoms with van der Waals surface area (Å²) in [6, 6.07) is 10.8. The summed E-state index contributed by atoms with van der Waals surface area (Å²) < 4.78 is 15.9. The molecule has 0 spiro atoms. The highest BCUT2D eigenvalue weighted by Gasteiger charge is 2.46. The minimum Gasteiger partial charge on any atom is -0.507 e. The van der Waals surface area contributed by atoms with Crippen LogP contribution in [0.3, 0.4) is 0 Å². The number of hydrogen-bond acceptors (Lipinski definition) is 7. The van der Waals surface area contributed by atoms with Gasteiger partial charge in [-0.1, -0.05) is 6.07 Å². The molecule has 1 saturated heterocycles. The molecule has 1 fully saturated rings. The number of ether oxygens (including phenoxy) is 2. The molecular formula is C23H20N2O6. The molecule has 1 amide bonds. The van der Waals surface area contributed by atoms with Crippen LogP contribution in [-0.4, -0.2) is 40.9 Å². The number of carbonyl (C=O) groups is 2. The summed E-state index contributed by atoms with van der Waals surface area (Å²) in [7, 11) is 2.97. The first-order valence-electron chi connectivity index (χ1n) is 9.48. The number of benzene rings is 1. The summed E-state index contributed by atoms with van der Waals surface area (Å²) in [6.07, 6.45) is 4.65. The molecule has 1 unspecified atom stereocenters. The van der Waals surface area contributed by atoms with Crippen molar-refractivity contribution in [3.63, 3.8) is 0 Å². The Kier molecular flexibility index (Phi) is 5.44. The largest absolute Gasteiger partial charge is 0.507 e. The highest BCUT2D eigenvalue weighted by atomic mass is 16.5. The average molecular weight is 420 g/mol. The quantitative estimate of drug-likeness (QED) is 0.371. The van der Waals surface area contributed by atoms with Gasteiger partial charge in [-0.2, -0.15) is 0 Å². The Hall–Kier alpha value is -4.07. The smallest absolute Gasteiger partial charge is 0.296 e. The Morgan fingerprint density at radius 2 is 1.94 bits per heavy atom. The zero-order valence-electron chi connectivity index (χ0n) is 16.9. The lowest BCUT2D eigenvalue weighted by atomic mass is 9.96. The van der Waals surface area contributed by atoms with Gasteiger partial charge in [-0.3, -0.25) is 14.6 Å². The van der Waals surface area contributed by atoms with Gasteiger partial charge >= 0.3 is 0 Å². The topological polar surface area (TPSA) is 102 Å². The summed E-state index contributed by atoms with van der Waals surface area (Å²) in [6.45, 7) is 0.0693. The van der Waals surface area contributed by atoms with Crippen molar-refractivity contribution in [2.45, 2.75) is 12.6 Å². The van der Waals surface area contributed by atoms with Crippen LogP contribution in [0.4, 0.5) is 0 Å². The first-order valence-corrected chi connectivity index (χ1v) is 9.48. The Balaban J connectivity index is 1.86. The molecule has 3 heterocycles. The van der Waals surface area contributed by atoms with Crippen molar-refractivity contribution in [3.05, 3.63) is 83.6 Å². The van der Waals surface area contributed by atoms with E-state index in [2.05, 4.69) is 4.98 Å². The number of ketones is 1. The number of likely N-dealkylation sites (tertiary alicyclic amines) is 1. The van der Waals surface area contributed by atoms with E-state index >= 15 is 0 Å². The van der Waals surface area contributed by atoms with E-state index in [1.165, 1.54) is 25.4 Å². The molecule has 8 heteroatoms. The molecule has 3 aromatic rings. The van der Waals surface area contributed by atoms with E-state index in [1.54, 1.807) is 54.9 Å². The van der Waals surface area contributed by atoms with Gasteiger partial charge in [0.2, 0.25) is 0 Å². The molecule has 1 atom stereocenters. The molecule has 0 bridgehead atoms. The van der Waals surface area contributed by atoms with Gasteiger partial charge < -0.3 is 23.9 Å². The van der Waals surface area contributed by atoms with Crippen LogP contribution in [0, 0.1) is 0 Å². The first-order chi connectivity index (χ1) is 15.0. The number of furan rings is 1. The maximum atomic E-state index is 13.0. The lowest BCUT2D eigenvalue weighted by Gasteiger charge is -2.24. The summed E-state index contributed by atoms with van der Waals surface area (Å²) >= 11 is 0. The number of carbonyl (C=O) groups excluding carboxylic acids is 2. The fraction of sp³-hybridized carbons (Fsp3) is 0.174. The lowest BCUT2D eigenvalue weighted by molar-refractivity contribution is -0.140. The van der Waals surface area contributed by atoms with Crippen LogP contribution in [0.1, 0.15) is 22.9 Å². The molecule has 0 radical (unpaired) electrons. The van der Waals surface area contributed by atoms with Crippen molar-refractivity contribution in [3.8, 4) is 11.5 Å². The van der Waals surface area contributed by atoms with E-state index in [0.29, 0.717) is 28.4 Å². The maximum absolute atomic E-state index is 13.0. The average Bonchev–Trinajstić information content (AvgIpc) is 3.41. The van der Waals surface area contributed by atoms with Gasteiger partial charge in [-0.25, -0.2) is 0 Å². The standard InChI is InChI=1S/C23H20N2O6/c1-29-17-8-7-14(11-18(17)30-2)21(26)19-20(15-5-3-9-24-12-15)25(23(28)22(19)27)13-16-6-4-10-31-16/h3-12,20,26H,13H2,1-2H3/b21-19-. The summed E-state index contributed by atoms with van der Waals surface area (Å²) in [4.78, 5) is 31.4. The van der Waals surface area contributed by atoms with Crippen molar-refractivity contribution in [1.82, 2.24) is 9.88 Å². The number of pyridine rings is 1. The second-order valence-corrected chi connectivity index (χ2v) is 6.86. The lowest BCUT2D eigenvalue weighted by Crippen LogP contribution is -2.29. The SMILES string of the molecule is COc1ccc(/C(O)=C2/C(=O)C(=O)N(Cc3ccco3)C2c2cccnc2)cc1OC. The molecule has 0 aliphatic carbocycles. The van der Waals surface area contributed by atoms with E-state index in [-0.39, 0.29) is 17.9 Å². The monoisotopic (exact) mass is 420 g/mol. The molecule has 1 aliphatic rings. The predicted molar refractivity (Wildman–Crippen MR) is 110 cm³/mol. The van der Waals surface area contributed by atoms with E-state index < -0.39 is 17.7 Å². The number of methoxy groups -OCH3 is 2. The molecule has 158 valence electrons.